The Kier molecular flexibility index (Phi) is 6.48. The first-order valence-corrected chi connectivity index (χ1v) is 12.0. The molecule has 6 heteroatoms. The fourth-order valence-electron chi connectivity index (χ4n) is 4.26. The van der Waals surface area contributed by atoms with Gasteiger partial charge >= 0.3 is 0 Å². The van der Waals surface area contributed by atoms with Crippen molar-refractivity contribution in [3.63, 3.8) is 0 Å². The van der Waals surface area contributed by atoms with Crippen LogP contribution in [0, 0.1) is 0 Å². The van der Waals surface area contributed by atoms with Crippen LogP contribution in [-0.4, -0.2) is 23.9 Å². The molecule has 0 aliphatic carbocycles. The van der Waals surface area contributed by atoms with Crippen molar-refractivity contribution in [3.05, 3.63) is 63.6 Å². The number of benzene rings is 3. The summed E-state index contributed by atoms with van der Waals surface area (Å²) in [5.41, 5.74) is 3.04. The van der Waals surface area contributed by atoms with Crippen LogP contribution in [0.3, 0.4) is 0 Å². The van der Waals surface area contributed by atoms with Crippen LogP contribution in [-0.2, 0) is 17.8 Å². The summed E-state index contributed by atoms with van der Waals surface area (Å²) in [6.45, 7) is 9.83. The molecule has 0 atom stereocenters. The highest BCUT2D eigenvalue weighted by molar-refractivity contribution is 9.10. The Morgan fingerprint density at radius 2 is 1.61 bits per heavy atom. The third-order valence-corrected chi connectivity index (χ3v) is 6.09. The van der Waals surface area contributed by atoms with Crippen molar-refractivity contribution in [2.24, 2.45) is 0 Å². The van der Waals surface area contributed by atoms with Gasteiger partial charge < -0.3 is 14.4 Å². The Morgan fingerprint density at radius 1 is 1.00 bits per heavy atom. The second kappa shape index (κ2) is 9.18. The molecule has 4 rings (SSSR count). The number of carbonyl (C=O) groups excluding carboxylic acids is 2. The number of ether oxygens (including phenoxy) is 2. The molecule has 1 heterocycles. The molecule has 3 aromatic carbocycles. The first-order valence-electron chi connectivity index (χ1n) is 11.2. The van der Waals surface area contributed by atoms with Crippen LogP contribution in [0.25, 0.3) is 10.8 Å². The van der Waals surface area contributed by atoms with Gasteiger partial charge in [0.05, 0.1) is 30.0 Å². The van der Waals surface area contributed by atoms with Gasteiger partial charge in [0.2, 0.25) is 0 Å². The number of hydrogen-bond donors (Lipinski definition) is 0. The van der Waals surface area contributed by atoms with E-state index < -0.39 is 0 Å². The number of hydrogen-bond acceptors (Lipinski definition) is 4. The van der Waals surface area contributed by atoms with E-state index in [-0.39, 0.29) is 23.9 Å². The topological polar surface area (TPSA) is 55.8 Å². The SMILES string of the molecule is CC(=O)Cc1ccc(N2Cc3c(c(OC(C)C)c4ccccc4c3OC(C)C)C2=O)c(Br)c1. The van der Waals surface area contributed by atoms with E-state index in [1.165, 1.54) is 0 Å². The third kappa shape index (κ3) is 4.49. The summed E-state index contributed by atoms with van der Waals surface area (Å²) < 4.78 is 13.3. The molecule has 0 aromatic heterocycles. The van der Waals surface area contributed by atoms with Crippen molar-refractivity contribution in [3.8, 4) is 11.5 Å². The fourth-order valence-corrected chi connectivity index (χ4v) is 4.90. The Balaban J connectivity index is 1.89. The van der Waals surface area contributed by atoms with Crippen molar-refractivity contribution in [1.29, 1.82) is 0 Å². The predicted octanol–water partition coefficient (Wildman–Crippen LogP) is 6.47. The lowest BCUT2D eigenvalue weighted by molar-refractivity contribution is -0.116. The van der Waals surface area contributed by atoms with Gasteiger partial charge in [-0.25, -0.2) is 0 Å². The molecule has 5 nitrogen and oxygen atoms in total. The summed E-state index contributed by atoms with van der Waals surface area (Å²) in [6, 6.07) is 13.6. The van der Waals surface area contributed by atoms with E-state index in [1.807, 2.05) is 70.2 Å². The van der Waals surface area contributed by atoms with Crippen molar-refractivity contribution >= 4 is 44.1 Å². The Hall–Kier alpha value is -2.86. The molecule has 1 amide bonds. The van der Waals surface area contributed by atoms with Gasteiger partial charge in [0, 0.05) is 27.2 Å². The van der Waals surface area contributed by atoms with Gasteiger partial charge in [-0.15, -0.1) is 0 Å². The number of amides is 1. The van der Waals surface area contributed by atoms with Crippen LogP contribution in [0.15, 0.2) is 46.9 Å². The van der Waals surface area contributed by atoms with E-state index in [9.17, 15) is 9.59 Å². The minimum Gasteiger partial charge on any atom is -0.490 e. The minimum absolute atomic E-state index is 0.0453. The number of ketones is 1. The standard InChI is InChI=1S/C27H28BrNO4/c1-15(2)32-25-19-8-6-7-9-20(19)26(33-16(3)4)24-21(25)14-29(27(24)31)23-11-10-18(12-17(5)30)13-22(23)28/h6-11,13,15-16H,12,14H2,1-5H3. The molecule has 0 fully saturated rings. The maximum Gasteiger partial charge on any atom is 0.262 e. The lowest BCUT2D eigenvalue weighted by atomic mass is 9.99. The number of carbonyl (C=O) groups is 2. The van der Waals surface area contributed by atoms with Gasteiger partial charge in [-0.3, -0.25) is 9.59 Å². The molecule has 33 heavy (non-hydrogen) atoms. The molecule has 0 unspecified atom stereocenters. The zero-order valence-electron chi connectivity index (χ0n) is 19.6. The monoisotopic (exact) mass is 509 g/mol. The normalized spacial score (nSPS) is 13.2. The number of fused-ring (bicyclic) bond motifs is 2. The molecule has 0 N–H and O–H groups in total. The van der Waals surface area contributed by atoms with Crippen LogP contribution in [0.2, 0.25) is 0 Å². The zero-order chi connectivity index (χ0) is 23.9. The first-order chi connectivity index (χ1) is 15.7. The van der Waals surface area contributed by atoms with Crippen LogP contribution in [0.4, 0.5) is 5.69 Å². The molecule has 1 aliphatic heterocycles. The average molecular weight is 510 g/mol. The Morgan fingerprint density at radius 3 is 2.18 bits per heavy atom. The lowest BCUT2D eigenvalue weighted by Crippen LogP contribution is -2.24. The fraction of sp³-hybridized carbons (Fsp3) is 0.333. The molecular formula is C27H28BrNO4. The highest BCUT2D eigenvalue weighted by atomic mass is 79.9. The van der Waals surface area contributed by atoms with Crippen molar-refractivity contribution in [2.75, 3.05) is 4.90 Å². The number of anilines is 1. The van der Waals surface area contributed by atoms with E-state index in [0.717, 1.165) is 37.8 Å². The maximum atomic E-state index is 13.8. The quantitative estimate of drug-likeness (QED) is 0.366. The average Bonchev–Trinajstić information content (AvgIpc) is 3.06. The van der Waals surface area contributed by atoms with Gasteiger partial charge in [0.15, 0.2) is 0 Å². The lowest BCUT2D eigenvalue weighted by Gasteiger charge is -2.20. The van der Waals surface area contributed by atoms with E-state index >= 15 is 0 Å². The van der Waals surface area contributed by atoms with Crippen LogP contribution in [0.1, 0.15) is 56.1 Å². The predicted molar refractivity (Wildman–Crippen MR) is 135 cm³/mol. The number of nitrogens with zero attached hydrogens (tertiary/aromatic N) is 1. The molecule has 172 valence electrons. The van der Waals surface area contributed by atoms with E-state index in [1.54, 1.807) is 11.8 Å². The zero-order valence-corrected chi connectivity index (χ0v) is 21.2. The van der Waals surface area contributed by atoms with Crippen molar-refractivity contribution in [2.45, 2.75) is 59.8 Å². The molecule has 1 aliphatic rings. The van der Waals surface area contributed by atoms with Crippen LogP contribution in [0.5, 0.6) is 11.5 Å². The summed E-state index contributed by atoms with van der Waals surface area (Å²) in [5, 5.41) is 1.80. The maximum absolute atomic E-state index is 13.8. The first kappa shape index (κ1) is 23.3. The van der Waals surface area contributed by atoms with Crippen LogP contribution < -0.4 is 14.4 Å². The Labute approximate surface area is 202 Å². The molecule has 0 saturated carbocycles. The van der Waals surface area contributed by atoms with Gasteiger partial charge in [-0.05, 0) is 68.2 Å². The highest BCUT2D eigenvalue weighted by Gasteiger charge is 2.37. The molecule has 0 radical (unpaired) electrons. The third-order valence-electron chi connectivity index (χ3n) is 5.46. The van der Waals surface area contributed by atoms with Crippen molar-refractivity contribution in [1.82, 2.24) is 0 Å². The minimum atomic E-state index is -0.125. The summed E-state index contributed by atoms with van der Waals surface area (Å²) in [5.74, 6) is 1.30. The molecule has 0 bridgehead atoms. The van der Waals surface area contributed by atoms with Gasteiger partial charge in [-0.2, -0.15) is 0 Å². The Bertz CT molecular complexity index is 1250. The number of rotatable bonds is 7. The summed E-state index contributed by atoms with van der Waals surface area (Å²) >= 11 is 3.61. The second-order valence-corrected chi connectivity index (χ2v) is 9.80. The summed E-state index contributed by atoms with van der Waals surface area (Å²) in [7, 11) is 0. The highest BCUT2D eigenvalue weighted by Crippen LogP contribution is 2.47. The van der Waals surface area contributed by atoms with E-state index in [2.05, 4.69) is 15.9 Å². The van der Waals surface area contributed by atoms with Gasteiger partial charge in [0.25, 0.3) is 5.91 Å². The van der Waals surface area contributed by atoms with Crippen molar-refractivity contribution < 1.29 is 19.1 Å². The molecule has 0 saturated heterocycles. The number of halogens is 1. The molecule has 0 spiro atoms. The summed E-state index contributed by atoms with van der Waals surface area (Å²) in [6.07, 6.45) is 0.224. The summed E-state index contributed by atoms with van der Waals surface area (Å²) in [4.78, 5) is 27.1. The van der Waals surface area contributed by atoms with E-state index in [4.69, 9.17) is 9.47 Å². The largest absolute Gasteiger partial charge is 0.490 e. The number of Topliss-reactive ketones (excluding diaryl/α,β-unsaturated/α-hetero) is 1. The van der Waals surface area contributed by atoms with E-state index in [0.29, 0.717) is 24.3 Å². The van der Waals surface area contributed by atoms with Crippen LogP contribution >= 0.6 is 15.9 Å². The van der Waals surface area contributed by atoms with Gasteiger partial charge in [-0.1, -0.05) is 30.3 Å². The molecular weight excluding hydrogens is 482 g/mol. The smallest absolute Gasteiger partial charge is 0.262 e. The molecule has 3 aromatic rings. The van der Waals surface area contributed by atoms with Gasteiger partial charge in [0.1, 0.15) is 17.3 Å². The second-order valence-electron chi connectivity index (χ2n) is 8.95.